The van der Waals surface area contributed by atoms with Gasteiger partial charge in [0.05, 0.1) is 6.61 Å². The van der Waals surface area contributed by atoms with Gasteiger partial charge in [-0.2, -0.15) is 0 Å². The summed E-state index contributed by atoms with van der Waals surface area (Å²) in [6.07, 6.45) is 6.99. The van der Waals surface area contributed by atoms with Crippen LogP contribution in [0.3, 0.4) is 0 Å². The highest BCUT2D eigenvalue weighted by Crippen LogP contribution is 2.32. The van der Waals surface area contributed by atoms with Crippen LogP contribution in [0.15, 0.2) is 24.3 Å². The normalized spacial score (nSPS) is 14.5. The standard InChI is InChI=1S/C16H22O2/c1-2-3-4-5-12-18-15-10-8-14(9-11-15)16(17)13-6-7-13/h8-11,13H,2-7,12H2,1H3. The van der Waals surface area contributed by atoms with E-state index in [1.807, 2.05) is 24.3 Å². The molecule has 0 saturated heterocycles. The van der Waals surface area contributed by atoms with Gasteiger partial charge in [0.2, 0.25) is 0 Å². The van der Waals surface area contributed by atoms with E-state index in [9.17, 15) is 4.79 Å². The predicted octanol–water partition coefficient (Wildman–Crippen LogP) is 4.24. The first-order chi connectivity index (χ1) is 8.81. The summed E-state index contributed by atoms with van der Waals surface area (Å²) in [4.78, 5) is 11.8. The summed E-state index contributed by atoms with van der Waals surface area (Å²) >= 11 is 0. The minimum atomic E-state index is 0.296. The predicted molar refractivity (Wildman–Crippen MR) is 73.1 cm³/mol. The van der Waals surface area contributed by atoms with Gasteiger partial charge >= 0.3 is 0 Å². The summed E-state index contributed by atoms with van der Waals surface area (Å²) in [5, 5.41) is 0. The number of ketones is 1. The second kappa shape index (κ2) is 6.58. The van der Waals surface area contributed by atoms with Crippen LogP contribution in [0.5, 0.6) is 5.75 Å². The molecule has 1 saturated carbocycles. The Morgan fingerprint density at radius 2 is 1.89 bits per heavy atom. The van der Waals surface area contributed by atoms with E-state index in [1.54, 1.807) is 0 Å². The number of unbranched alkanes of at least 4 members (excludes halogenated alkanes) is 3. The van der Waals surface area contributed by atoms with Gasteiger partial charge in [0, 0.05) is 11.5 Å². The van der Waals surface area contributed by atoms with E-state index in [0.717, 1.165) is 37.2 Å². The van der Waals surface area contributed by atoms with Crippen molar-refractivity contribution in [3.63, 3.8) is 0 Å². The highest BCUT2D eigenvalue weighted by Gasteiger charge is 2.30. The molecule has 0 bridgehead atoms. The maximum Gasteiger partial charge on any atom is 0.165 e. The molecule has 0 heterocycles. The third-order valence-corrected chi connectivity index (χ3v) is 3.35. The first-order valence-corrected chi connectivity index (χ1v) is 7.08. The molecular weight excluding hydrogens is 224 g/mol. The SMILES string of the molecule is CCCCCCOc1ccc(C(=O)C2CC2)cc1. The van der Waals surface area contributed by atoms with E-state index in [-0.39, 0.29) is 0 Å². The molecule has 2 nitrogen and oxygen atoms in total. The van der Waals surface area contributed by atoms with Crippen molar-refractivity contribution in [2.45, 2.75) is 45.4 Å². The smallest absolute Gasteiger partial charge is 0.165 e. The van der Waals surface area contributed by atoms with Gasteiger partial charge in [-0.3, -0.25) is 4.79 Å². The molecule has 0 radical (unpaired) electrons. The van der Waals surface area contributed by atoms with Crippen LogP contribution in [-0.2, 0) is 0 Å². The molecule has 0 atom stereocenters. The minimum Gasteiger partial charge on any atom is -0.494 e. The molecule has 1 aromatic rings. The first-order valence-electron chi connectivity index (χ1n) is 7.08. The molecular formula is C16H22O2. The highest BCUT2D eigenvalue weighted by atomic mass is 16.5. The molecule has 0 unspecified atom stereocenters. The molecule has 1 aromatic carbocycles. The molecule has 0 N–H and O–H groups in total. The van der Waals surface area contributed by atoms with Crippen LogP contribution in [0.1, 0.15) is 55.8 Å². The molecule has 0 aromatic heterocycles. The number of carbonyl (C=O) groups is 1. The third kappa shape index (κ3) is 3.86. The summed E-state index contributed by atoms with van der Waals surface area (Å²) < 4.78 is 5.65. The Bertz CT molecular complexity index is 377. The second-order valence-electron chi connectivity index (χ2n) is 5.07. The Hall–Kier alpha value is -1.31. The van der Waals surface area contributed by atoms with E-state index >= 15 is 0 Å². The average Bonchev–Trinajstić information content (AvgIpc) is 3.23. The summed E-state index contributed by atoms with van der Waals surface area (Å²) in [6, 6.07) is 7.61. The van der Waals surface area contributed by atoms with Gasteiger partial charge in [-0.15, -0.1) is 0 Å². The molecule has 1 aliphatic rings. The summed E-state index contributed by atoms with van der Waals surface area (Å²) in [6.45, 7) is 2.98. The van der Waals surface area contributed by atoms with Crippen molar-refractivity contribution >= 4 is 5.78 Å². The number of Topliss-reactive ketones (excluding diaryl/α,β-unsaturated/α-hetero) is 1. The van der Waals surface area contributed by atoms with E-state index in [0.29, 0.717) is 11.7 Å². The molecule has 1 aliphatic carbocycles. The zero-order valence-electron chi connectivity index (χ0n) is 11.2. The highest BCUT2D eigenvalue weighted by molar-refractivity contribution is 5.99. The van der Waals surface area contributed by atoms with Crippen LogP contribution in [0.25, 0.3) is 0 Å². The van der Waals surface area contributed by atoms with Crippen molar-refractivity contribution in [3.05, 3.63) is 29.8 Å². The Labute approximate surface area is 109 Å². The van der Waals surface area contributed by atoms with Gasteiger partial charge in [-0.25, -0.2) is 0 Å². The number of carbonyl (C=O) groups excluding carboxylic acids is 1. The van der Waals surface area contributed by atoms with Crippen LogP contribution >= 0.6 is 0 Å². The first kappa shape index (κ1) is 13.1. The minimum absolute atomic E-state index is 0.296. The van der Waals surface area contributed by atoms with Gasteiger partial charge < -0.3 is 4.74 Å². The Morgan fingerprint density at radius 3 is 2.50 bits per heavy atom. The monoisotopic (exact) mass is 246 g/mol. The van der Waals surface area contributed by atoms with Crippen molar-refractivity contribution < 1.29 is 9.53 Å². The summed E-state index contributed by atoms with van der Waals surface area (Å²) in [5.74, 6) is 1.47. The molecule has 98 valence electrons. The number of benzene rings is 1. The van der Waals surface area contributed by atoms with Crippen LogP contribution in [0.2, 0.25) is 0 Å². The van der Waals surface area contributed by atoms with E-state index in [1.165, 1.54) is 19.3 Å². The Kier molecular flexibility index (Phi) is 4.80. The molecule has 0 aliphatic heterocycles. The van der Waals surface area contributed by atoms with Gasteiger partial charge in [0.1, 0.15) is 5.75 Å². The maximum absolute atomic E-state index is 11.8. The van der Waals surface area contributed by atoms with Gasteiger partial charge in [0.25, 0.3) is 0 Å². The molecule has 0 amide bonds. The maximum atomic E-state index is 11.8. The molecule has 18 heavy (non-hydrogen) atoms. The number of rotatable bonds is 8. The molecule has 2 rings (SSSR count). The van der Waals surface area contributed by atoms with E-state index in [2.05, 4.69) is 6.92 Å². The largest absolute Gasteiger partial charge is 0.494 e. The average molecular weight is 246 g/mol. The lowest BCUT2D eigenvalue weighted by Crippen LogP contribution is -2.01. The van der Waals surface area contributed by atoms with Crippen molar-refractivity contribution in [3.8, 4) is 5.75 Å². The lowest BCUT2D eigenvalue weighted by atomic mass is 10.1. The molecule has 1 fully saturated rings. The van der Waals surface area contributed by atoms with Crippen LogP contribution in [-0.4, -0.2) is 12.4 Å². The third-order valence-electron chi connectivity index (χ3n) is 3.35. The number of ether oxygens (including phenoxy) is 1. The second-order valence-corrected chi connectivity index (χ2v) is 5.07. The van der Waals surface area contributed by atoms with Crippen molar-refractivity contribution in [2.24, 2.45) is 5.92 Å². The van der Waals surface area contributed by atoms with Crippen LogP contribution < -0.4 is 4.74 Å². The van der Waals surface area contributed by atoms with Gasteiger partial charge in [0.15, 0.2) is 5.78 Å². The topological polar surface area (TPSA) is 26.3 Å². The fourth-order valence-corrected chi connectivity index (χ4v) is 2.02. The van der Waals surface area contributed by atoms with Crippen molar-refractivity contribution in [1.29, 1.82) is 0 Å². The summed E-state index contributed by atoms with van der Waals surface area (Å²) in [7, 11) is 0. The zero-order chi connectivity index (χ0) is 12.8. The fraction of sp³-hybridized carbons (Fsp3) is 0.562. The fourth-order valence-electron chi connectivity index (χ4n) is 2.02. The number of hydrogen-bond donors (Lipinski definition) is 0. The van der Waals surface area contributed by atoms with E-state index in [4.69, 9.17) is 4.74 Å². The lowest BCUT2D eigenvalue weighted by molar-refractivity contribution is 0.0967. The number of hydrogen-bond acceptors (Lipinski definition) is 2. The lowest BCUT2D eigenvalue weighted by Gasteiger charge is -2.06. The summed E-state index contributed by atoms with van der Waals surface area (Å²) in [5.41, 5.74) is 0.829. The van der Waals surface area contributed by atoms with Crippen molar-refractivity contribution in [2.75, 3.05) is 6.61 Å². The molecule has 0 spiro atoms. The molecule has 2 heteroatoms. The van der Waals surface area contributed by atoms with Crippen LogP contribution in [0, 0.1) is 5.92 Å². The van der Waals surface area contributed by atoms with Crippen LogP contribution in [0.4, 0.5) is 0 Å². The van der Waals surface area contributed by atoms with Gasteiger partial charge in [-0.1, -0.05) is 26.2 Å². The van der Waals surface area contributed by atoms with E-state index < -0.39 is 0 Å². The van der Waals surface area contributed by atoms with Crippen molar-refractivity contribution in [1.82, 2.24) is 0 Å². The quantitative estimate of drug-likeness (QED) is 0.506. The Balaban J connectivity index is 1.75. The zero-order valence-corrected chi connectivity index (χ0v) is 11.2. The Morgan fingerprint density at radius 1 is 1.17 bits per heavy atom. The van der Waals surface area contributed by atoms with Gasteiger partial charge in [-0.05, 0) is 43.5 Å².